The van der Waals surface area contributed by atoms with E-state index in [1.54, 1.807) is 0 Å². The third-order valence-corrected chi connectivity index (χ3v) is 3.14. The summed E-state index contributed by atoms with van der Waals surface area (Å²) in [6.07, 6.45) is 2.91. The van der Waals surface area contributed by atoms with E-state index in [4.69, 9.17) is 4.74 Å². The van der Waals surface area contributed by atoms with Gasteiger partial charge in [-0.2, -0.15) is 0 Å². The summed E-state index contributed by atoms with van der Waals surface area (Å²) in [4.78, 5) is 14.4. The molecular weight excluding hydrogens is 250 g/mol. The average Bonchev–Trinajstić information content (AvgIpc) is 2.38. The molecule has 1 heterocycles. The van der Waals surface area contributed by atoms with Gasteiger partial charge in [0.25, 0.3) is 0 Å². The standard InChI is InChI=1S/C17H23NO2/c1-17(2,3)20-16(19)15-10-7-11-18(13-15)12-14-8-5-4-6-9-14/h4-6,8-10H,7,11-13H2,1-3H3. The fraction of sp³-hybridized carbons (Fsp3) is 0.471. The van der Waals surface area contributed by atoms with Gasteiger partial charge in [-0.3, -0.25) is 4.90 Å². The summed E-state index contributed by atoms with van der Waals surface area (Å²) in [5.74, 6) is -0.185. The quantitative estimate of drug-likeness (QED) is 0.792. The molecule has 0 radical (unpaired) electrons. The maximum Gasteiger partial charge on any atom is 0.335 e. The van der Waals surface area contributed by atoms with E-state index >= 15 is 0 Å². The third-order valence-electron chi connectivity index (χ3n) is 3.14. The summed E-state index contributed by atoms with van der Waals surface area (Å²) < 4.78 is 5.44. The van der Waals surface area contributed by atoms with Crippen LogP contribution in [0.3, 0.4) is 0 Å². The summed E-state index contributed by atoms with van der Waals surface area (Å²) in [5.41, 5.74) is 1.62. The van der Waals surface area contributed by atoms with E-state index in [-0.39, 0.29) is 5.97 Å². The van der Waals surface area contributed by atoms with Crippen molar-refractivity contribution in [2.45, 2.75) is 39.3 Å². The van der Waals surface area contributed by atoms with Crippen LogP contribution >= 0.6 is 0 Å². The monoisotopic (exact) mass is 273 g/mol. The first-order chi connectivity index (χ1) is 9.44. The Balaban J connectivity index is 1.94. The van der Waals surface area contributed by atoms with E-state index in [0.717, 1.165) is 25.1 Å². The van der Waals surface area contributed by atoms with Gasteiger partial charge in [0.05, 0.1) is 0 Å². The highest BCUT2D eigenvalue weighted by atomic mass is 16.6. The molecule has 0 fully saturated rings. The van der Waals surface area contributed by atoms with Crippen molar-refractivity contribution in [3.8, 4) is 0 Å². The summed E-state index contributed by atoms with van der Waals surface area (Å²) in [6.45, 7) is 8.23. The molecule has 108 valence electrons. The van der Waals surface area contributed by atoms with Crippen molar-refractivity contribution in [3.05, 3.63) is 47.5 Å². The molecule has 0 aliphatic carbocycles. The van der Waals surface area contributed by atoms with Crippen molar-refractivity contribution in [3.63, 3.8) is 0 Å². The highest BCUT2D eigenvalue weighted by Gasteiger charge is 2.23. The van der Waals surface area contributed by atoms with E-state index in [0.29, 0.717) is 6.54 Å². The highest BCUT2D eigenvalue weighted by Crippen LogP contribution is 2.17. The van der Waals surface area contributed by atoms with Crippen LogP contribution in [0, 0.1) is 0 Å². The minimum absolute atomic E-state index is 0.185. The fourth-order valence-corrected chi connectivity index (χ4v) is 2.27. The van der Waals surface area contributed by atoms with Crippen LogP contribution in [-0.2, 0) is 16.1 Å². The largest absolute Gasteiger partial charge is 0.457 e. The van der Waals surface area contributed by atoms with Crippen molar-refractivity contribution >= 4 is 5.97 Å². The number of hydrogen-bond donors (Lipinski definition) is 0. The molecule has 3 heteroatoms. The zero-order valence-electron chi connectivity index (χ0n) is 12.6. The number of nitrogens with zero attached hydrogens (tertiary/aromatic N) is 1. The number of esters is 1. The van der Waals surface area contributed by atoms with Gasteiger partial charge in [-0.05, 0) is 32.8 Å². The van der Waals surface area contributed by atoms with Gasteiger partial charge in [0.2, 0.25) is 0 Å². The number of carbonyl (C=O) groups excluding carboxylic acids is 1. The Kier molecular flexibility index (Phi) is 4.61. The Hall–Kier alpha value is -1.61. The zero-order chi connectivity index (χ0) is 14.6. The lowest BCUT2D eigenvalue weighted by atomic mass is 10.1. The molecule has 0 bridgehead atoms. The van der Waals surface area contributed by atoms with E-state index in [9.17, 15) is 4.79 Å². The van der Waals surface area contributed by atoms with Crippen LogP contribution in [0.4, 0.5) is 0 Å². The molecule has 0 unspecified atom stereocenters. The summed E-state index contributed by atoms with van der Waals surface area (Å²) >= 11 is 0. The molecule has 3 nitrogen and oxygen atoms in total. The fourth-order valence-electron chi connectivity index (χ4n) is 2.27. The molecule has 20 heavy (non-hydrogen) atoms. The summed E-state index contributed by atoms with van der Waals surface area (Å²) in [5, 5.41) is 0. The van der Waals surface area contributed by atoms with Crippen LogP contribution in [0.25, 0.3) is 0 Å². The van der Waals surface area contributed by atoms with Crippen molar-refractivity contribution in [2.24, 2.45) is 0 Å². The van der Waals surface area contributed by atoms with Gasteiger partial charge in [-0.1, -0.05) is 36.4 Å². The molecule has 2 rings (SSSR count). The van der Waals surface area contributed by atoms with Gasteiger partial charge in [0.1, 0.15) is 5.60 Å². The lowest BCUT2D eigenvalue weighted by molar-refractivity contribution is -0.150. The van der Waals surface area contributed by atoms with Gasteiger partial charge in [0.15, 0.2) is 0 Å². The lowest BCUT2D eigenvalue weighted by Gasteiger charge is -2.28. The van der Waals surface area contributed by atoms with E-state index in [1.165, 1.54) is 5.56 Å². The van der Waals surface area contributed by atoms with Gasteiger partial charge in [-0.25, -0.2) is 4.79 Å². The first-order valence-electron chi connectivity index (χ1n) is 7.13. The Bertz CT molecular complexity index is 485. The second-order valence-electron chi connectivity index (χ2n) is 6.22. The summed E-state index contributed by atoms with van der Waals surface area (Å²) in [6, 6.07) is 10.3. The minimum atomic E-state index is -0.431. The molecule has 1 aromatic rings. The molecule has 0 atom stereocenters. The van der Waals surface area contributed by atoms with Gasteiger partial charge < -0.3 is 4.74 Å². The van der Waals surface area contributed by atoms with E-state index in [1.807, 2.05) is 45.0 Å². The predicted octanol–water partition coefficient (Wildman–Crippen LogP) is 3.16. The average molecular weight is 273 g/mol. The van der Waals surface area contributed by atoms with Crippen LogP contribution in [0.2, 0.25) is 0 Å². The van der Waals surface area contributed by atoms with E-state index < -0.39 is 5.60 Å². The number of ether oxygens (including phenoxy) is 1. The Morgan fingerprint density at radius 2 is 1.95 bits per heavy atom. The van der Waals surface area contributed by atoms with Gasteiger partial charge in [0, 0.05) is 25.2 Å². The molecule has 1 aliphatic heterocycles. The number of benzene rings is 1. The van der Waals surface area contributed by atoms with Crippen LogP contribution in [0.15, 0.2) is 42.0 Å². The van der Waals surface area contributed by atoms with Crippen molar-refractivity contribution < 1.29 is 9.53 Å². The normalized spacial score (nSPS) is 16.6. The smallest absolute Gasteiger partial charge is 0.335 e. The van der Waals surface area contributed by atoms with Crippen LogP contribution in [-0.4, -0.2) is 29.6 Å². The summed E-state index contributed by atoms with van der Waals surface area (Å²) in [7, 11) is 0. The zero-order valence-corrected chi connectivity index (χ0v) is 12.6. The molecular formula is C17H23NO2. The second-order valence-corrected chi connectivity index (χ2v) is 6.22. The molecule has 0 amide bonds. The van der Waals surface area contributed by atoms with E-state index in [2.05, 4.69) is 17.0 Å². The van der Waals surface area contributed by atoms with Crippen LogP contribution in [0.1, 0.15) is 32.8 Å². The van der Waals surface area contributed by atoms with Crippen LogP contribution < -0.4 is 0 Å². The predicted molar refractivity (Wildman–Crippen MR) is 80.3 cm³/mol. The Morgan fingerprint density at radius 3 is 2.60 bits per heavy atom. The number of hydrogen-bond acceptors (Lipinski definition) is 3. The topological polar surface area (TPSA) is 29.5 Å². The molecule has 0 saturated carbocycles. The first-order valence-corrected chi connectivity index (χ1v) is 7.13. The molecule has 0 N–H and O–H groups in total. The highest BCUT2D eigenvalue weighted by molar-refractivity contribution is 5.89. The van der Waals surface area contributed by atoms with Crippen molar-refractivity contribution in [2.75, 3.05) is 13.1 Å². The minimum Gasteiger partial charge on any atom is -0.457 e. The van der Waals surface area contributed by atoms with Gasteiger partial charge >= 0.3 is 5.97 Å². The molecule has 1 aliphatic rings. The maximum absolute atomic E-state index is 12.1. The molecule has 0 spiro atoms. The van der Waals surface area contributed by atoms with Gasteiger partial charge in [-0.15, -0.1) is 0 Å². The van der Waals surface area contributed by atoms with Crippen molar-refractivity contribution in [1.29, 1.82) is 0 Å². The van der Waals surface area contributed by atoms with Crippen molar-refractivity contribution in [1.82, 2.24) is 4.90 Å². The first kappa shape index (κ1) is 14.8. The van der Waals surface area contributed by atoms with Crippen LogP contribution in [0.5, 0.6) is 0 Å². The maximum atomic E-state index is 12.1. The molecule has 0 saturated heterocycles. The Morgan fingerprint density at radius 1 is 1.25 bits per heavy atom. The number of rotatable bonds is 3. The molecule has 1 aromatic carbocycles. The second kappa shape index (κ2) is 6.23. The molecule has 0 aromatic heterocycles. The number of carbonyl (C=O) groups is 1. The SMILES string of the molecule is CC(C)(C)OC(=O)C1=CCCN(Cc2ccccc2)C1. The lowest BCUT2D eigenvalue weighted by Crippen LogP contribution is -2.34. The third kappa shape index (κ3) is 4.49. The Labute approximate surface area is 121 Å².